The Morgan fingerprint density at radius 2 is 1.05 bits per heavy atom. The molecule has 0 saturated carbocycles. The van der Waals surface area contributed by atoms with Crippen molar-refractivity contribution in [3.8, 4) is 0 Å². The maximum atomic E-state index is 11.9. The number of carboxylic acid groups (broad SMARTS) is 3. The third-order valence-corrected chi connectivity index (χ3v) is 7.71. The van der Waals surface area contributed by atoms with Crippen LogP contribution in [0.4, 0.5) is 0 Å². The molecule has 3 atom stereocenters. The van der Waals surface area contributed by atoms with E-state index in [1.807, 2.05) is 13.8 Å². The Morgan fingerprint density at radius 1 is 0.649 bits per heavy atom. The highest BCUT2D eigenvalue weighted by Gasteiger charge is 2.39. The molecule has 0 fully saturated rings. The maximum Gasteiger partial charge on any atom is 0.312 e. The van der Waals surface area contributed by atoms with Crippen LogP contribution in [0.5, 0.6) is 0 Å². The number of carboxylic acids is 3. The lowest BCUT2D eigenvalue weighted by molar-refractivity contribution is -0.935. The molecular weight excluding hydrogens is 470 g/mol. The Balaban J connectivity index is 5.13. The van der Waals surface area contributed by atoms with E-state index in [0.29, 0.717) is 25.8 Å². The summed E-state index contributed by atoms with van der Waals surface area (Å²) in [5.41, 5.74) is 0. The third kappa shape index (κ3) is 15.8. The molecule has 0 aliphatic carbocycles. The molecule has 7 nitrogen and oxygen atoms in total. The van der Waals surface area contributed by atoms with Gasteiger partial charge in [0, 0.05) is 5.92 Å². The van der Waals surface area contributed by atoms with Crippen molar-refractivity contribution in [1.82, 2.24) is 0 Å². The lowest BCUT2D eigenvalue weighted by Gasteiger charge is -2.44. The first kappa shape index (κ1) is 35.1. The molecule has 7 heteroatoms. The molecule has 0 aliphatic rings. The molecule has 0 aromatic heterocycles. The van der Waals surface area contributed by atoms with Gasteiger partial charge in [-0.2, -0.15) is 0 Å². The highest BCUT2D eigenvalue weighted by Crippen LogP contribution is 2.25. The fourth-order valence-corrected chi connectivity index (χ4v) is 5.21. The van der Waals surface area contributed by atoms with E-state index in [4.69, 9.17) is 0 Å². The molecular formula is C30H55NO6. The van der Waals surface area contributed by atoms with E-state index >= 15 is 0 Å². The van der Waals surface area contributed by atoms with Crippen molar-refractivity contribution in [2.24, 2.45) is 17.8 Å². The number of hydrogen-bond donors (Lipinski definition) is 2. The number of aliphatic carboxylic acids is 3. The lowest BCUT2D eigenvalue weighted by atomic mass is 9.95. The summed E-state index contributed by atoms with van der Waals surface area (Å²) in [7, 11) is 0. The zero-order valence-electron chi connectivity index (χ0n) is 24.1. The molecule has 37 heavy (non-hydrogen) atoms. The van der Waals surface area contributed by atoms with Gasteiger partial charge in [-0.15, -0.1) is 0 Å². The van der Waals surface area contributed by atoms with Crippen LogP contribution in [0.1, 0.15) is 118 Å². The van der Waals surface area contributed by atoms with E-state index in [1.165, 1.54) is 32.1 Å². The molecule has 0 aromatic carbocycles. The summed E-state index contributed by atoms with van der Waals surface area (Å²) in [6.07, 6.45) is 18.3. The molecule has 0 bridgehead atoms. The fraction of sp³-hybridized carbons (Fsp3) is 0.833. The van der Waals surface area contributed by atoms with Crippen LogP contribution in [0.3, 0.4) is 0 Å². The smallest absolute Gasteiger partial charge is 0.312 e. The third-order valence-electron chi connectivity index (χ3n) is 7.71. The van der Waals surface area contributed by atoms with Gasteiger partial charge in [-0.1, -0.05) is 78.4 Å². The van der Waals surface area contributed by atoms with Crippen LogP contribution in [0, 0.1) is 17.8 Å². The van der Waals surface area contributed by atoms with E-state index in [0.717, 1.165) is 38.5 Å². The number of carbonyl (C=O) groups is 3. The topological polar surface area (TPSA) is 115 Å². The zero-order chi connectivity index (χ0) is 28.1. The van der Waals surface area contributed by atoms with Gasteiger partial charge in [0.25, 0.3) is 0 Å². The Hall–Kier alpha value is -1.89. The summed E-state index contributed by atoms with van der Waals surface area (Å²) in [6.45, 7) is 8.95. The predicted molar refractivity (Wildman–Crippen MR) is 147 cm³/mol. The summed E-state index contributed by atoms with van der Waals surface area (Å²) in [6, 6.07) is 0. The van der Waals surface area contributed by atoms with Crippen LogP contribution in [-0.2, 0) is 14.4 Å². The van der Waals surface area contributed by atoms with Crippen LogP contribution in [0.15, 0.2) is 12.2 Å². The van der Waals surface area contributed by atoms with Gasteiger partial charge >= 0.3 is 11.9 Å². The van der Waals surface area contributed by atoms with E-state index in [2.05, 4.69) is 19.1 Å². The molecule has 2 N–H and O–H groups in total. The van der Waals surface area contributed by atoms with Gasteiger partial charge in [0.2, 0.25) is 0 Å². The monoisotopic (exact) mass is 525 g/mol. The Labute approximate surface area is 225 Å². The standard InChI is InChI=1S/C30H55NO6/c1-5-9-10-11-12-13-14-15-16-17-18-19-20-21-31(22-25(6-2)28(32)33,23-26(7-3)29(34)35)24-27(8-4)30(36)37/h10-11,25-27H,5-9,12-24H2,1-4H3,(H2-,32,33,34,35,36,37)/b11-10+. The van der Waals surface area contributed by atoms with Crippen LogP contribution in [0.2, 0.25) is 0 Å². The summed E-state index contributed by atoms with van der Waals surface area (Å²) >= 11 is 0. The second-order valence-electron chi connectivity index (χ2n) is 10.8. The van der Waals surface area contributed by atoms with Gasteiger partial charge in [0.1, 0.15) is 11.8 Å². The number of quaternary nitrogens is 1. The van der Waals surface area contributed by atoms with Crippen LogP contribution < -0.4 is 5.11 Å². The van der Waals surface area contributed by atoms with Gasteiger partial charge in [-0.25, -0.2) is 0 Å². The zero-order valence-corrected chi connectivity index (χ0v) is 24.1. The van der Waals surface area contributed by atoms with Crippen molar-refractivity contribution in [2.45, 2.75) is 118 Å². The van der Waals surface area contributed by atoms with E-state index < -0.39 is 35.7 Å². The largest absolute Gasteiger partial charge is 0.550 e. The van der Waals surface area contributed by atoms with Gasteiger partial charge < -0.3 is 24.6 Å². The second kappa shape index (κ2) is 21.1. The van der Waals surface area contributed by atoms with Crippen molar-refractivity contribution in [3.05, 3.63) is 12.2 Å². The molecule has 0 rings (SSSR count). The van der Waals surface area contributed by atoms with E-state index in [9.17, 15) is 29.7 Å². The van der Waals surface area contributed by atoms with E-state index in [1.54, 1.807) is 6.92 Å². The number of carbonyl (C=O) groups excluding carboxylic acids is 1. The van der Waals surface area contributed by atoms with Crippen molar-refractivity contribution < 1.29 is 34.2 Å². The first-order valence-electron chi connectivity index (χ1n) is 14.8. The average Bonchev–Trinajstić information content (AvgIpc) is 2.86. The molecule has 0 aliphatic heterocycles. The minimum absolute atomic E-state index is 0.216. The average molecular weight is 526 g/mol. The van der Waals surface area contributed by atoms with Crippen molar-refractivity contribution in [1.29, 1.82) is 0 Å². The van der Waals surface area contributed by atoms with Crippen LogP contribution in [0.25, 0.3) is 0 Å². The van der Waals surface area contributed by atoms with Gasteiger partial charge in [-0.3, -0.25) is 9.59 Å². The Kier molecular flexibility index (Phi) is 20.0. The van der Waals surface area contributed by atoms with Crippen molar-refractivity contribution in [3.63, 3.8) is 0 Å². The quantitative estimate of drug-likeness (QED) is 0.0902. The molecule has 0 heterocycles. The first-order chi connectivity index (χ1) is 17.7. The molecule has 0 amide bonds. The lowest BCUT2D eigenvalue weighted by Crippen LogP contribution is -2.59. The van der Waals surface area contributed by atoms with Gasteiger partial charge in [0.05, 0.1) is 32.1 Å². The Morgan fingerprint density at radius 3 is 1.46 bits per heavy atom. The summed E-state index contributed by atoms with van der Waals surface area (Å²) in [5, 5.41) is 31.3. The number of allylic oxidation sites excluding steroid dienone is 2. The van der Waals surface area contributed by atoms with Crippen molar-refractivity contribution >= 4 is 17.9 Å². The highest BCUT2D eigenvalue weighted by atomic mass is 16.4. The maximum absolute atomic E-state index is 11.9. The molecule has 0 aromatic rings. The van der Waals surface area contributed by atoms with Gasteiger partial charge in [0.15, 0.2) is 0 Å². The molecule has 0 spiro atoms. The predicted octanol–water partition coefficient (Wildman–Crippen LogP) is 5.67. The Bertz CT molecular complexity index is 603. The highest BCUT2D eigenvalue weighted by molar-refractivity contribution is 5.70. The van der Waals surface area contributed by atoms with Crippen LogP contribution >= 0.6 is 0 Å². The minimum atomic E-state index is -1.14. The molecule has 216 valence electrons. The molecule has 3 unspecified atom stereocenters. The summed E-state index contributed by atoms with van der Waals surface area (Å²) in [4.78, 5) is 35.7. The van der Waals surface area contributed by atoms with Gasteiger partial charge in [-0.05, 0) is 51.4 Å². The minimum Gasteiger partial charge on any atom is -0.550 e. The number of unbranched alkanes of at least 4 members (excludes halogenated alkanes) is 9. The SMILES string of the molecule is CCC/C=C/CCCCCCCCCC[N+](CC(CC)C(=O)[O-])(CC(CC)C(=O)O)CC(CC)C(=O)O. The summed E-state index contributed by atoms with van der Waals surface area (Å²) < 4.78 is 0.216. The fourth-order valence-electron chi connectivity index (χ4n) is 5.21. The van der Waals surface area contributed by atoms with Crippen molar-refractivity contribution in [2.75, 3.05) is 26.2 Å². The normalized spacial score (nSPS) is 15.8. The number of nitrogens with zero attached hydrogens (tertiary/aromatic N) is 1. The number of rotatable bonds is 25. The second-order valence-corrected chi connectivity index (χ2v) is 10.8. The van der Waals surface area contributed by atoms with Crippen LogP contribution in [-0.4, -0.2) is 58.8 Å². The first-order valence-corrected chi connectivity index (χ1v) is 14.8. The van der Waals surface area contributed by atoms with E-state index in [-0.39, 0.29) is 24.1 Å². The number of hydrogen-bond acceptors (Lipinski definition) is 4. The molecule has 0 saturated heterocycles. The summed E-state index contributed by atoms with van der Waals surface area (Å²) in [5.74, 6) is -4.96. The molecule has 0 radical (unpaired) electrons.